The van der Waals surface area contributed by atoms with E-state index in [9.17, 15) is 0 Å². The van der Waals surface area contributed by atoms with Crippen LogP contribution in [0.3, 0.4) is 0 Å². The molecule has 33 heavy (non-hydrogen) atoms. The number of anilines is 3. The van der Waals surface area contributed by atoms with Crippen molar-refractivity contribution in [2.45, 2.75) is 0 Å². The highest BCUT2D eigenvalue weighted by Crippen LogP contribution is 2.35. The minimum Gasteiger partial charge on any atom is -0.395 e. The van der Waals surface area contributed by atoms with Crippen molar-refractivity contribution in [1.29, 1.82) is 0 Å². The SMILES string of the molecule is OCCN1CCN(c2cnc(Nc3nccc4[nH]c(-c5c(Cl)cccc5Cl)nc34)cn2)CC1. The fraction of sp³-hybridized carbons (Fsp3) is 0.273. The summed E-state index contributed by atoms with van der Waals surface area (Å²) in [5.74, 6) is 2.51. The molecule has 1 aliphatic heterocycles. The summed E-state index contributed by atoms with van der Waals surface area (Å²) in [5, 5.41) is 13.3. The Kier molecular flexibility index (Phi) is 6.28. The monoisotopic (exact) mass is 484 g/mol. The molecule has 9 nitrogen and oxygen atoms in total. The highest BCUT2D eigenvalue weighted by atomic mass is 35.5. The predicted octanol–water partition coefficient (Wildman–Crippen LogP) is 3.58. The molecule has 0 bridgehead atoms. The van der Waals surface area contributed by atoms with Crippen molar-refractivity contribution in [1.82, 2.24) is 29.8 Å². The van der Waals surface area contributed by atoms with E-state index in [1.807, 2.05) is 6.07 Å². The molecule has 11 heteroatoms. The fourth-order valence-corrected chi connectivity index (χ4v) is 4.46. The number of hydrogen-bond acceptors (Lipinski definition) is 8. The molecule has 0 amide bonds. The van der Waals surface area contributed by atoms with Crippen LogP contribution < -0.4 is 10.2 Å². The minimum atomic E-state index is 0.184. The molecule has 0 saturated carbocycles. The van der Waals surface area contributed by atoms with Gasteiger partial charge < -0.3 is 20.3 Å². The lowest BCUT2D eigenvalue weighted by Gasteiger charge is -2.34. The van der Waals surface area contributed by atoms with Crippen molar-refractivity contribution >= 4 is 51.7 Å². The molecular formula is C22H22Cl2N8O. The van der Waals surface area contributed by atoms with Gasteiger partial charge in [0.1, 0.15) is 23.0 Å². The van der Waals surface area contributed by atoms with Gasteiger partial charge in [0.05, 0.1) is 40.1 Å². The summed E-state index contributed by atoms with van der Waals surface area (Å²) in [6, 6.07) is 7.18. The average molecular weight is 485 g/mol. The number of fused-ring (bicyclic) bond motifs is 1. The van der Waals surface area contributed by atoms with Gasteiger partial charge >= 0.3 is 0 Å². The van der Waals surface area contributed by atoms with Crippen LogP contribution in [0.2, 0.25) is 10.0 Å². The molecule has 170 valence electrons. The molecule has 0 atom stereocenters. The number of aliphatic hydroxyl groups excluding tert-OH is 1. The number of aliphatic hydroxyl groups is 1. The molecule has 0 aliphatic carbocycles. The van der Waals surface area contributed by atoms with Gasteiger partial charge in [0.25, 0.3) is 0 Å². The number of β-amino-alcohol motifs (C(OH)–C–C–N with tert-alkyl or cyclic N) is 1. The van der Waals surface area contributed by atoms with E-state index in [0.717, 1.165) is 37.5 Å². The third-order valence-electron chi connectivity index (χ3n) is 5.60. The summed E-state index contributed by atoms with van der Waals surface area (Å²) >= 11 is 12.7. The normalized spacial score (nSPS) is 14.7. The smallest absolute Gasteiger partial charge is 0.159 e. The van der Waals surface area contributed by atoms with Crippen molar-refractivity contribution in [2.75, 3.05) is 49.5 Å². The number of piperazine rings is 1. The first-order chi connectivity index (χ1) is 16.1. The van der Waals surface area contributed by atoms with Gasteiger partial charge in [-0.05, 0) is 18.2 Å². The van der Waals surface area contributed by atoms with E-state index >= 15 is 0 Å². The molecule has 1 aromatic carbocycles. The Labute approximate surface area is 200 Å². The van der Waals surface area contributed by atoms with E-state index in [0.29, 0.717) is 45.1 Å². The minimum absolute atomic E-state index is 0.184. The maximum absolute atomic E-state index is 9.09. The second-order valence-corrected chi connectivity index (χ2v) is 8.49. The van der Waals surface area contributed by atoms with E-state index in [1.54, 1.807) is 36.8 Å². The maximum atomic E-state index is 9.09. The van der Waals surface area contributed by atoms with Gasteiger partial charge in [-0.3, -0.25) is 4.90 Å². The average Bonchev–Trinajstić information content (AvgIpc) is 3.25. The van der Waals surface area contributed by atoms with Gasteiger partial charge in [0.15, 0.2) is 5.82 Å². The number of H-pyrrole nitrogens is 1. The number of imidazole rings is 1. The summed E-state index contributed by atoms with van der Waals surface area (Å²) in [6.45, 7) is 4.38. The Balaban J connectivity index is 1.35. The van der Waals surface area contributed by atoms with Crippen LogP contribution >= 0.6 is 23.2 Å². The fourth-order valence-electron chi connectivity index (χ4n) is 3.88. The molecular weight excluding hydrogens is 463 g/mol. The van der Waals surface area contributed by atoms with E-state index in [4.69, 9.17) is 28.3 Å². The molecule has 0 radical (unpaired) electrons. The maximum Gasteiger partial charge on any atom is 0.159 e. The van der Waals surface area contributed by atoms with E-state index in [-0.39, 0.29) is 6.61 Å². The molecule has 0 spiro atoms. The quantitative estimate of drug-likeness (QED) is 0.381. The number of aromatic amines is 1. The van der Waals surface area contributed by atoms with Crippen molar-refractivity contribution in [3.63, 3.8) is 0 Å². The van der Waals surface area contributed by atoms with Crippen molar-refractivity contribution in [2.24, 2.45) is 0 Å². The lowest BCUT2D eigenvalue weighted by molar-refractivity contribution is 0.188. The van der Waals surface area contributed by atoms with Gasteiger partial charge in [0.2, 0.25) is 0 Å². The lowest BCUT2D eigenvalue weighted by Crippen LogP contribution is -2.47. The van der Waals surface area contributed by atoms with Gasteiger partial charge in [-0.2, -0.15) is 0 Å². The zero-order valence-corrected chi connectivity index (χ0v) is 19.2. The largest absolute Gasteiger partial charge is 0.395 e. The summed E-state index contributed by atoms with van der Waals surface area (Å²) < 4.78 is 0. The predicted molar refractivity (Wildman–Crippen MR) is 130 cm³/mol. The van der Waals surface area contributed by atoms with Gasteiger partial charge in [0, 0.05) is 38.9 Å². The molecule has 4 heterocycles. The van der Waals surface area contributed by atoms with E-state index in [1.165, 1.54) is 0 Å². The van der Waals surface area contributed by atoms with Crippen molar-refractivity contribution < 1.29 is 5.11 Å². The van der Waals surface area contributed by atoms with Crippen molar-refractivity contribution in [3.8, 4) is 11.4 Å². The Morgan fingerprint density at radius 2 is 1.79 bits per heavy atom. The molecule has 3 N–H and O–H groups in total. The standard InChI is InChI=1S/C22H22Cl2N8O/c23-14-2-1-3-15(24)19(14)21-28-16-4-5-25-22(20(16)30-21)29-17-12-27-18(13-26-17)32-8-6-31(7-9-32)10-11-33/h1-5,12-13,33H,6-11H2,(H,28,30)(H,25,26,29). The Morgan fingerprint density at radius 1 is 1.00 bits per heavy atom. The van der Waals surface area contributed by atoms with E-state index < -0.39 is 0 Å². The molecule has 3 aromatic heterocycles. The Bertz CT molecular complexity index is 1230. The molecule has 1 aliphatic rings. The first-order valence-corrected chi connectivity index (χ1v) is 11.3. The highest BCUT2D eigenvalue weighted by molar-refractivity contribution is 6.39. The summed E-state index contributed by atoms with van der Waals surface area (Å²) in [5.41, 5.74) is 2.09. The van der Waals surface area contributed by atoms with Crippen LogP contribution in [0, 0.1) is 0 Å². The second-order valence-electron chi connectivity index (χ2n) is 7.67. The number of rotatable bonds is 6. The third-order valence-corrected chi connectivity index (χ3v) is 6.23. The zero-order valence-electron chi connectivity index (χ0n) is 17.7. The summed E-state index contributed by atoms with van der Waals surface area (Å²) in [7, 11) is 0. The van der Waals surface area contributed by atoms with Gasteiger partial charge in [-0.25, -0.2) is 19.9 Å². The van der Waals surface area contributed by atoms with Crippen LogP contribution in [0.1, 0.15) is 0 Å². The highest BCUT2D eigenvalue weighted by Gasteiger charge is 2.18. The molecule has 1 saturated heterocycles. The molecule has 0 unspecified atom stereocenters. The lowest BCUT2D eigenvalue weighted by atomic mass is 10.2. The summed E-state index contributed by atoms with van der Waals surface area (Å²) in [4.78, 5) is 25.9. The number of pyridine rings is 1. The molecule has 1 fully saturated rings. The summed E-state index contributed by atoms with van der Waals surface area (Å²) in [6.07, 6.45) is 5.13. The first kappa shape index (κ1) is 21.8. The van der Waals surface area contributed by atoms with Crippen LogP contribution in [0.25, 0.3) is 22.4 Å². The first-order valence-electron chi connectivity index (χ1n) is 10.6. The number of aromatic nitrogens is 5. The van der Waals surface area contributed by atoms with Gasteiger partial charge in [-0.1, -0.05) is 29.3 Å². The Morgan fingerprint density at radius 3 is 2.48 bits per heavy atom. The number of benzene rings is 1. The van der Waals surface area contributed by atoms with Gasteiger partial charge in [-0.15, -0.1) is 0 Å². The van der Waals surface area contributed by atoms with Crippen LogP contribution in [0.5, 0.6) is 0 Å². The topological polar surface area (TPSA) is 106 Å². The number of halogens is 2. The zero-order chi connectivity index (χ0) is 22.8. The third kappa shape index (κ3) is 4.58. The van der Waals surface area contributed by atoms with Crippen LogP contribution in [0.15, 0.2) is 42.9 Å². The van der Waals surface area contributed by atoms with E-state index in [2.05, 4.69) is 40.0 Å². The molecule has 5 rings (SSSR count). The van der Waals surface area contributed by atoms with Crippen molar-refractivity contribution in [3.05, 3.63) is 52.9 Å². The number of hydrogen-bond donors (Lipinski definition) is 3. The second kappa shape index (κ2) is 9.48. The number of nitrogens with zero attached hydrogens (tertiary/aromatic N) is 6. The Hall–Kier alpha value is -2.98. The van der Waals surface area contributed by atoms with Crippen LogP contribution in [-0.4, -0.2) is 74.3 Å². The molecule has 4 aromatic rings. The van der Waals surface area contributed by atoms with Crippen LogP contribution in [0.4, 0.5) is 17.5 Å². The van der Waals surface area contributed by atoms with Crippen LogP contribution in [-0.2, 0) is 0 Å². The number of nitrogens with one attached hydrogen (secondary N) is 2.